The molecule has 1 amide bonds. The highest BCUT2D eigenvalue weighted by molar-refractivity contribution is 5.90. The minimum absolute atomic E-state index is 0.404. The maximum atomic E-state index is 11.7. The molecule has 0 fully saturated rings. The number of nitrogens with two attached hydrogens (primary N) is 1. The van der Waals surface area contributed by atoms with Gasteiger partial charge in [-0.3, -0.25) is 4.79 Å². The van der Waals surface area contributed by atoms with E-state index in [9.17, 15) is 14.7 Å². The summed E-state index contributed by atoms with van der Waals surface area (Å²) in [6.07, 6.45) is -0.359. The number of carbonyl (C=O) groups excluding carboxylic acids is 1. The number of aliphatic hydroxyl groups is 1. The molecule has 0 aliphatic rings. The van der Waals surface area contributed by atoms with Crippen molar-refractivity contribution < 1.29 is 19.8 Å². The van der Waals surface area contributed by atoms with Crippen LogP contribution in [-0.4, -0.2) is 39.8 Å². The molecule has 0 aliphatic heterocycles. The Labute approximate surface area is 94.8 Å². The lowest BCUT2D eigenvalue weighted by Gasteiger charge is -2.28. The van der Waals surface area contributed by atoms with Crippen molar-refractivity contribution in [3.05, 3.63) is 0 Å². The number of rotatable bonds is 6. The van der Waals surface area contributed by atoms with E-state index < -0.39 is 29.6 Å². The van der Waals surface area contributed by atoms with Gasteiger partial charge in [0.25, 0.3) is 0 Å². The molecule has 0 saturated carbocycles. The van der Waals surface area contributed by atoms with Gasteiger partial charge in [-0.15, -0.1) is 0 Å². The van der Waals surface area contributed by atoms with Crippen molar-refractivity contribution in [2.24, 2.45) is 5.73 Å². The van der Waals surface area contributed by atoms with Crippen LogP contribution in [0, 0.1) is 0 Å². The molecule has 6 nitrogen and oxygen atoms in total. The van der Waals surface area contributed by atoms with E-state index in [1.807, 2.05) is 0 Å². The lowest BCUT2D eigenvalue weighted by Crippen LogP contribution is -2.59. The molecule has 0 radical (unpaired) electrons. The van der Waals surface area contributed by atoms with Crippen LogP contribution in [-0.2, 0) is 9.59 Å². The summed E-state index contributed by atoms with van der Waals surface area (Å²) in [5, 5.41) is 20.2. The number of aliphatic hydroxyl groups excluding tert-OH is 1. The van der Waals surface area contributed by atoms with E-state index in [0.717, 1.165) is 0 Å². The van der Waals surface area contributed by atoms with Gasteiger partial charge in [-0.1, -0.05) is 13.8 Å². The van der Waals surface area contributed by atoms with Crippen LogP contribution in [0.5, 0.6) is 0 Å². The zero-order valence-corrected chi connectivity index (χ0v) is 9.86. The van der Waals surface area contributed by atoms with E-state index >= 15 is 0 Å². The van der Waals surface area contributed by atoms with Crippen molar-refractivity contribution in [1.29, 1.82) is 0 Å². The first-order chi connectivity index (χ1) is 7.28. The molecule has 0 aliphatic carbocycles. The molecule has 2 atom stereocenters. The van der Waals surface area contributed by atoms with Crippen LogP contribution in [0.3, 0.4) is 0 Å². The molecule has 0 aromatic heterocycles. The van der Waals surface area contributed by atoms with Gasteiger partial charge in [-0.2, -0.15) is 0 Å². The second-order valence-corrected chi connectivity index (χ2v) is 3.89. The molecular formula is C10H20N2O4. The van der Waals surface area contributed by atoms with E-state index in [1.165, 1.54) is 6.92 Å². The van der Waals surface area contributed by atoms with Gasteiger partial charge in [0.05, 0.1) is 11.6 Å². The second kappa shape index (κ2) is 5.81. The van der Waals surface area contributed by atoms with Crippen molar-refractivity contribution in [3.63, 3.8) is 0 Å². The Kier molecular flexibility index (Phi) is 5.40. The van der Waals surface area contributed by atoms with Crippen molar-refractivity contribution >= 4 is 11.9 Å². The van der Waals surface area contributed by atoms with Crippen LogP contribution in [0.25, 0.3) is 0 Å². The zero-order valence-electron chi connectivity index (χ0n) is 9.86. The average molecular weight is 232 g/mol. The number of hydrogen-bond donors (Lipinski definition) is 4. The molecule has 0 rings (SSSR count). The molecule has 0 heterocycles. The van der Waals surface area contributed by atoms with E-state index in [2.05, 4.69) is 5.32 Å². The Morgan fingerprint density at radius 3 is 2.06 bits per heavy atom. The standard InChI is InChI=1S/C10H20N2O4/c1-4-10(11,5-2)9(16)12-7(6(3)13)8(14)15/h6-7,13H,4-5,11H2,1-3H3,(H,12,16)(H,14,15). The molecular weight excluding hydrogens is 212 g/mol. The Morgan fingerprint density at radius 1 is 1.38 bits per heavy atom. The van der Waals surface area contributed by atoms with Crippen molar-refractivity contribution in [2.75, 3.05) is 0 Å². The van der Waals surface area contributed by atoms with Crippen molar-refractivity contribution in [1.82, 2.24) is 5.32 Å². The Bertz CT molecular complexity index is 262. The van der Waals surface area contributed by atoms with Crippen molar-refractivity contribution in [2.45, 2.75) is 51.3 Å². The van der Waals surface area contributed by atoms with Crippen LogP contribution in [0.1, 0.15) is 33.6 Å². The normalized spacial score (nSPS) is 15.3. The lowest BCUT2D eigenvalue weighted by molar-refractivity contribution is -0.145. The number of carbonyl (C=O) groups is 2. The molecule has 5 N–H and O–H groups in total. The highest BCUT2D eigenvalue weighted by atomic mass is 16.4. The average Bonchev–Trinajstić information content (AvgIpc) is 2.23. The van der Waals surface area contributed by atoms with Crippen LogP contribution in [0.15, 0.2) is 0 Å². The van der Waals surface area contributed by atoms with Crippen LogP contribution in [0.2, 0.25) is 0 Å². The summed E-state index contributed by atoms with van der Waals surface area (Å²) >= 11 is 0. The Balaban J connectivity index is 4.70. The minimum atomic E-state index is -1.33. The first-order valence-corrected chi connectivity index (χ1v) is 5.29. The second-order valence-electron chi connectivity index (χ2n) is 3.89. The largest absolute Gasteiger partial charge is 0.480 e. The van der Waals surface area contributed by atoms with E-state index in [4.69, 9.17) is 10.8 Å². The SMILES string of the molecule is CCC(N)(CC)C(=O)NC(C(=O)O)C(C)O. The summed E-state index contributed by atoms with van der Waals surface area (Å²) in [7, 11) is 0. The van der Waals surface area contributed by atoms with Gasteiger partial charge >= 0.3 is 5.97 Å². The molecule has 2 unspecified atom stereocenters. The fourth-order valence-electron chi connectivity index (χ4n) is 1.24. The molecule has 0 spiro atoms. The van der Waals surface area contributed by atoms with Gasteiger partial charge in [0.15, 0.2) is 6.04 Å². The summed E-state index contributed by atoms with van der Waals surface area (Å²) in [6.45, 7) is 4.80. The number of aliphatic carboxylic acids is 1. The molecule has 0 bridgehead atoms. The van der Waals surface area contributed by atoms with E-state index in [0.29, 0.717) is 12.8 Å². The third-order valence-electron chi connectivity index (χ3n) is 2.75. The summed E-state index contributed by atoms with van der Waals surface area (Å²) in [5.74, 6) is -1.83. The van der Waals surface area contributed by atoms with Crippen LogP contribution >= 0.6 is 0 Å². The monoisotopic (exact) mass is 232 g/mol. The Hall–Kier alpha value is -1.14. The summed E-state index contributed by atoms with van der Waals surface area (Å²) in [6, 6.07) is -1.33. The molecule has 6 heteroatoms. The van der Waals surface area contributed by atoms with Gasteiger partial charge in [-0.05, 0) is 19.8 Å². The van der Waals surface area contributed by atoms with Gasteiger partial charge < -0.3 is 21.3 Å². The van der Waals surface area contributed by atoms with E-state index in [1.54, 1.807) is 13.8 Å². The first-order valence-electron chi connectivity index (χ1n) is 5.29. The van der Waals surface area contributed by atoms with E-state index in [-0.39, 0.29) is 0 Å². The number of carboxylic acids is 1. The van der Waals surface area contributed by atoms with Gasteiger partial charge in [0.1, 0.15) is 0 Å². The van der Waals surface area contributed by atoms with Crippen LogP contribution in [0.4, 0.5) is 0 Å². The molecule has 0 aromatic rings. The highest BCUT2D eigenvalue weighted by Gasteiger charge is 2.34. The fourth-order valence-corrected chi connectivity index (χ4v) is 1.24. The molecule has 94 valence electrons. The highest BCUT2D eigenvalue weighted by Crippen LogP contribution is 2.11. The van der Waals surface area contributed by atoms with Gasteiger partial charge in [0.2, 0.25) is 5.91 Å². The maximum Gasteiger partial charge on any atom is 0.328 e. The molecule has 16 heavy (non-hydrogen) atoms. The number of nitrogens with one attached hydrogen (secondary N) is 1. The summed E-state index contributed by atoms with van der Waals surface area (Å²) in [4.78, 5) is 22.5. The number of carboxylic acid groups (broad SMARTS) is 1. The smallest absolute Gasteiger partial charge is 0.328 e. The predicted octanol–water partition coefficient (Wildman–Crippen LogP) is -0.546. The number of hydrogen-bond acceptors (Lipinski definition) is 4. The summed E-state index contributed by atoms with van der Waals surface area (Å²) in [5.41, 5.74) is 4.72. The third-order valence-corrected chi connectivity index (χ3v) is 2.75. The Morgan fingerprint density at radius 2 is 1.81 bits per heavy atom. The minimum Gasteiger partial charge on any atom is -0.480 e. The third kappa shape index (κ3) is 3.46. The zero-order chi connectivity index (χ0) is 12.9. The van der Waals surface area contributed by atoms with Gasteiger partial charge in [-0.25, -0.2) is 4.79 Å². The maximum absolute atomic E-state index is 11.7. The predicted molar refractivity (Wildman–Crippen MR) is 58.7 cm³/mol. The first kappa shape index (κ1) is 14.9. The topological polar surface area (TPSA) is 113 Å². The van der Waals surface area contributed by atoms with Crippen LogP contribution < -0.4 is 11.1 Å². The van der Waals surface area contributed by atoms with Crippen molar-refractivity contribution in [3.8, 4) is 0 Å². The van der Waals surface area contributed by atoms with Gasteiger partial charge in [0, 0.05) is 0 Å². The quantitative estimate of drug-likeness (QED) is 0.491. The lowest BCUT2D eigenvalue weighted by atomic mass is 9.92. The number of amides is 1. The molecule has 0 aromatic carbocycles. The molecule has 0 saturated heterocycles. The summed E-state index contributed by atoms with van der Waals surface area (Å²) < 4.78 is 0. The fraction of sp³-hybridized carbons (Fsp3) is 0.800.